The number of benzene rings is 1. The number of carbonyl (C=O) groups is 3. The SMILES string of the molecule is CN1C(=O)CN(CC(=O)O)c2cc(C(=O)O)ccc21. The number of rotatable bonds is 3. The van der Waals surface area contributed by atoms with Crippen LogP contribution >= 0.6 is 0 Å². The van der Waals surface area contributed by atoms with E-state index in [1.165, 1.54) is 28.0 Å². The van der Waals surface area contributed by atoms with Gasteiger partial charge in [0, 0.05) is 7.05 Å². The van der Waals surface area contributed by atoms with Crippen molar-refractivity contribution in [2.24, 2.45) is 0 Å². The second-order valence-electron chi connectivity index (χ2n) is 4.21. The lowest BCUT2D eigenvalue weighted by molar-refractivity contribution is -0.135. The zero-order chi connectivity index (χ0) is 14.2. The van der Waals surface area contributed by atoms with Gasteiger partial charge in [-0.25, -0.2) is 4.79 Å². The molecule has 0 radical (unpaired) electrons. The van der Waals surface area contributed by atoms with Gasteiger partial charge >= 0.3 is 11.9 Å². The van der Waals surface area contributed by atoms with Crippen LogP contribution in [-0.2, 0) is 9.59 Å². The van der Waals surface area contributed by atoms with Gasteiger partial charge in [0.1, 0.15) is 6.54 Å². The molecule has 1 heterocycles. The van der Waals surface area contributed by atoms with Gasteiger partial charge in [-0.15, -0.1) is 0 Å². The van der Waals surface area contributed by atoms with E-state index in [0.717, 1.165) is 0 Å². The lowest BCUT2D eigenvalue weighted by Gasteiger charge is -2.34. The van der Waals surface area contributed by atoms with Gasteiger partial charge in [-0.3, -0.25) is 9.59 Å². The molecule has 7 heteroatoms. The average molecular weight is 264 g/mol. The summed E-state index contributed by atoms with van der Waals surface area (Å²) in [5.41, 5.74) is 0.990. The summed E-state index contributed by atoms with van der Waals surface area (Å²) < 4.78 is 0. The van der Waals surface area contributed by atoms with Crippen LogP contribution in [0.15, 0.2) is 18.2 Å². The molecule has 0 saturated heterocycles. The first-order valence-corrected chi connectivity index (χ1v) is 5.51. The fraction of sp³-hybridized carbons (Fsp3) is 0.250. The maximum Gasteiger partial charge on any atom is 0.335 e. The zero-order valence-electron chi connectivity index (χ0n) is 10.2. The Morgan fingerprint density at radius 3 is 2.53 bits per heavy atom. The lowest BCUT2D eigenvalue weighted by atomic mass is 10.1. The minimum atomic E-state index is -1.10. The highest BCUT2D eigenvalue weighted by Gasteiger charge is 2.28. The number of carbonyl (C=O) groups excluding carboxylic acids is 1. The number of nitrogens with zero attached hydrogens (tertiary/aromatic N) is 2. The van der Waals surface area contributed by atoms with E-state index in [1.54, 1.807) is 7.05 Å². The van der Waals surface area contributed by atoms with Crippen LogP contribution in [0.4, 0.5) is 11.4 Å². The van der Waals surface area contributed by atoms with Crippen LogP contribution in [0.25, 0.3) is 0 Å². The van der Waals surface area contributed by atoms with Crippen molar-refractivity contribution in [3.8, 4) is 0 Å². The minimum Gasteiger partial charge on any atom is -0.480 e. The van der Waals surface area contributed by atoms with E-state index in [0.29, 0.717) is 11.4 Å². The van der Waals surface area contributed by atoms with Crippen molar-refractivity contribution in [2.75, 3.05) is 29.9 Å². The van der Waals surface area contributed by atoms with Gasteiger partial charge in [-0.05, 0) is 18.2 Å². The van der Waals surface area contributed by atoms with Gasteiger partial charge in [0.2, 0.25) is 5.91 Å². The summed E-state index contributed by atoms with van der Waals surface area (Å²) in [7, 11) is 1.57. The van der Waals surface area contributed by atoms with Crippen LogP contribution in [0, 0.1) is 0 Å². The summed E-state index contributed by atoms with van der Waals surface area (Å²) in [4.78, 5) is 36.2. The van der Waals surface area contributed by atoms with Crippen molar-refractivity contribution in [3.63, 3.8) is 0 Å². The first kappa shape index (κ1) is 12.9. The fourth-order valence-corrected chi connectivity index (χ4v) is 1.99. The van der Waals surface area contributed by atoms with Crippen molar-refractivity contribution in [1.29, 1.82) is 0 Å². The number of aromatic carboxylic acids is 1. The Kier molecular flexibility index (Phi) is 3.12. The third kappa shape index (κ3) is 2.35. The molecule has 1 aromatic rings. The Hall–Kier alpha value is -2.57. The van der Waals surface area contributed by atoms with Crippen LogP contribution < -0.4 is 9.80 Å². The van der Waals surface area contributed by atoms with Crippen molar-refractivity contribution in [1.82, 2.24) is 0 Å². The quantitative estimate of drug-likeness (QED) is 0.812. The van der Waals surface area contributed by atoms with E-state index in [-0.39, 0.29) is 24.6 Å². The molecule has 1 amide bonds. The molecule has 100 valence electrons. The van der Waals surface area contributed by atoms with Crippen molar-refractivity contribution >= 4 is 29.2 Å². The number of likely N-dealkylation sites (N-methyl/N-ethyl adjacent to an activating group) is 1. The molecule has 2 N–H and O–H groups in total. The normalized spacial score (nSPS) is 14.3. The fourth-order valence-electron chi connectivity index (χ4n) is 1.99. The second-order valence-corrected chi connectivity index (χ2v) is 4.21. The van der Waals surface area contributed by atoms with Crippen LogP contribution in [0.3, 0.4) is 0 Å². The van der Waals surface area contributed by atoms with Crippen LogP contribution in [0.5, 0.6) is 0 Å². The first-order valence-electron chi connectivity index (χ1n) is 5.51. The Morgan fingerprint density at radius 1 is 1.26 bits per heavy atom. The van der Waals surface area contributed by atoms with Gasteiger partial charge in [-0.2, -0.15) is 0 Å². The standard InChI is InChI=1S/C12H12N2O5/c1-13-8-3-2-7(12(18)19)4-9(8)14(5-10(13)15)6-11(16)17/h2-4H,5-6H2,1H3,(H,16,17)(H,18,19). The molecule has 7 nitrogen and oxygen atoms in total. The molecule has 1 aliphatic heterocycles. The maximum absolute atomic E-state index is 11.7. The molecule has 0 saturated carbocycles. The highest BCUT2D eigenvalue weighted by Crippen LogP contribution is 2.33. The largest absolute Gasteiger partial charge is 0.480 e. The van der Waals surface area contributed by atoms with Gasteiger partial charge < -0.3 is 20.0 Å². The van der Waals surface area contributed by atoms with Crippen LogP contribution in [-0.4, -0.2) is 48.2 Å². The van der Waals surface area contributed by atoms with Crippen molar-refractivity contribution < 1.29 is 24.6 Å². The van der Waals surface area contributed by atoms with E-state index >= 15 is 0 Å². The third-order valence-corrected chi connectivity index (χ3v) is 2.95. The summed E-state index contributed by atoms with van der Waals surface area (Å²) in [6.07, 6.45) is 0. The summed E-state index contributed by atoms with van der Waals surface area (Å²) in [5, 5.41) is 17.8. The molecule has 1 aromatic carbocycles. The van der Waals surface area contributed by atoms with Gasteiger partial charge in [0.25, 0.3) is 0 Å². The van der Waals surface area contributed by atoms with Gasteiger partial charge in [-0.1, -0.05) is 0 Å². The summed E-state index contributed by atoms with van der Waals surface area (Å²) >= 11 is 0. The smallest absolute Gasteiger partial charge is 0.335 e. The zero-order valence-corrected chi connectivity index (χ0v) is 10.2. The molecule has 0 spiro atoms. The molecule has 0 bridgehead atoms. The van der Waals surface area contributed by atoms with E-state index in [2.05, 4.69) is 0 Å². The first-order chi connectivity index (χ1) is 8.90. The molecule has 2 rings (SSSR count). The number of carboxylic acid groups (broad SMARTS) is 2. The number of fused-ring (bicyclic) bond motifs is 1. The van der Waals surface area contributed by atoms with Crippen molar-refractivity contribution in [3.05, 3.63) is 23.8 Å². The van der Waals surface area contributed by atoms with Gasteiger partial charge in [0.15, 0.2) is 0 Å². The minimum absolute atomic E-state index is 0.0527. The predicted molar refractivity (Wildman–Crippen MR) is 66.7 cm³/mol. The molecular weight excluding hydrogens is 252 g/mol. The van der Waals surface area contributed by atoms with E-state index in [9.17, 15) is 14.4 Å². The molecule has 0 aliphatic carbocycles. The number of amides is 1. The molecule has 0 atom stereocenters. The molecule has 1 aliphatic rings. The van der Waals surface area contributed by atoms with E-state index in [4.69, 9.17) is 10.2 Å². The monoisotopic (exact) mass is 264 g/mol. The second kappa shape index (κ2) is 4.60. The number of hydrogen-bond donors (Lipinski definition) is 2. The molecule has 0 unspecified atom stereocenters. The highest BCUT2D eigenvalue weighted by molar-refractivity contribution is 6.05. The highest BCUT2D eigenvalue weighted by atomic mass is 16.4. The number of carboxylic acids is 2. The van der Waals surface area contributed by atoms with E-state index in [1.807, 2.05) is 0 Å². The third-order valence-electron chi connectivity index (χ3n) is 2.95. The molecular formula is C12H12N2O5. The predicted octanol–water partition coefficient (Wildman–Crippen LogP) is 0.252. The Labute approximate surface area is 108 Å². The molecule has 19 heavy (non-hydrogen) atoms. The molecule has 0 aromatic heterocycles. The Morgan fingerprint density at radius 2 is 1.95 bits per heavy atom. The summed E-state index contributed by atoms with van der Waals surface area (Å²) in [5.74, 6) is -2.42. The Balaban J connectivity index is 2.50. The van der Waals surface area contributed by atoms with Crippen LogP contribution in [0.2, 0.25) is 0 Å². The lowest BCUT2D eigenvalue weighted by Crippen LogP contribution is -2.45. The molecule has 0 fully saturated rings. The number of aliphatic carboxylic acids is 1. The average Bonchev–Trinajstić information content (AvgIpc) is 2.34. The van der Waals surface area contributed by atoms with E-state index < -0.39 is 11.9 Å². The topological polar surface area (TPSA) is 98.2 Å². The van der Waals surface area contributed by atoms with Crippen molar-refractivity contribution in [2.45, 2.75) is 0 Å². The van der Waals surface area contributed by atoms with Crippen LogP contribution in [0.1, 0.15) is 10.4 Å². The number of hydrogen-bond acceptors (Lipinski definition) is 4. The summed E-state index contributed by atoms with van der Waals surface area (Å²) in [6, 6.07) is 4.27. The Bertz CT molecular complexity index is 569. The summed E-state index contributed by atoms with van der Waals surface area (Å²) in [6.45, 7) is -0.436. The number of anilines is 2. The van der Waals surface area contributed by atoms with Gasteiger partial charge in [0.05, 0.1) is 23.5 Å². The maximum atomic E-state index is 11.7.